The lowest BCUT2D eigenvalue weighted by Gasteiger charge is -2.15. The van der Waals surface area contributed by atoms with Gasteiger partial charge in [-0.25, -0.2) is 0 Å². The van der Waals surface area contributed by atoms with Crippen molar-refractivity contribution in [2.75, 3.05) is 27.4 Å². The largest absolute Gasteiger partial charge is 0.491 e. The average Bonchev–Trinajstić information content (AvgIpc) is 2.78. The van der Waals surface area contributed by atoms with Gasteiger partial charge in [-0.3, -0.25) is 9.59 Å². The van der Waals surface area contributed by atoms with Gasteiger partial charge in [-0.15, -0.1) is 0 Å². The number of alkyl halides is 3. The summed E-state index contributed by atoms with van der Waals surface area (Å²) in [6.07, 6.45) is -0.186. The Morgan fingerprint density at radius 2 is 1.76 bits per heavy atom. The Hall–Kier alpha value is -3.79. The molecule has 0 saturated carbocycles. The summed E-state index contributed by atoms with van der Waals surface area (Å²) in [5.41, 5.74) is -1.00. The van der Waals surface area contributed by atoms with Gasteiger partial charge in [0.1, 0.15) is 30.1 Å². The molecule has 0 aliphatic rings. The number of aldehydes is 1. The number of amides is 1. The first kappa shape index (κ1) is 25.5. The summed E-state index contributed by atoms with van der Waals surface area (Å²) in [4.78, 5) is 23.6. The number of hydrogen-bond acceptors (Lipinski definition) is 6. The molecule has 10 heteroatoms. The van der Waals surface area contributed by atoms with Crippen molar-refractivity contribution in [2.45, 2.75) is 6.18 Å². The number of halogens is 3. The van der Waals surface area contributed by atoms with Crippen LogP contribution in [0, 0.1) is 0 Å². The van der Waals surface area contributed by atoms with E-state index in [4.69, 9.17) is 14.2 Å². The number of ether oxygens (including phenoxy) is 3. The van der Waals surface area contributed by atoms with Crippen LogP contribution in [0.25, 0.3) is 0 Å². The maximum absolute atomic E-state index is 13.2. The van der Waals surface area contributed by atoms with E-state index in [9.17, 15) is 22.8 Å². The monoisotopic (exact) mass is 464 g/mol. The smallest absolute Gasteiger partial charge is 0.416 e. The van der Waals surface area contributed by atoms with Crippen molar-refractivity contribution in [3.63, 3.8) is 0 Å². The van der Waals surface area contributed by atoms with Crippen molar-refractivity contribution in [3.05, 3.63) is 77.6 Å². The van der Waals surface area contributed by atoms with Gasteiger partial charge >= 0.3 is 6.18 Å². The highest BCUT2D eigenvalue weighted by molar-refractivity contribution is 5.98. The third-order valence-electron chi connectivity index (χ3n) is 4.10. The Bertz CT molecular complexity index is 1000. The molecule has 0 atom stereocenters. The Morgan fingerprint density at radius 3 is 2.36 bits per heavy atom. The van der Waals surface area contributed by atoms with Gasteiger partial charge in [0.25, 0.3) is 5.91 Å². The van der Waals surface area contributed by atoms with E-state index >= 15 is 0 Å². The lowest BCUT2D eigenvalue weighted by Crippen LogP contribution is -2.23. The van der Waals surface area contributed by atoms with Crippen molar-refractivity contribution in [2.24, 2.45) is 0 Å². The highest BCUT2D eigenvalue weighted by atomic mass is 19.4. The van der Waals surface area contributed by atoms with Crippen molar-refractivity contribution in [1.82, 2.24) is 10.6 Å². The summed E-state index contributed by atoms with van der Waals surface area (Å²) in [5, 5.41) is 5.16. The normalized spacial score (nSPS) is 11.8. The summed E-state index contributed by atoms with van der Waals surface area (Å²) in [5.74, 6) is -0.354. The Balaban J connectivity index is 2.32. The minimum absolute atomic E-state index is 0.132. The van der Waals surface area contributed by atoms with Crippen molar-refractivity contribution in [1.29, 1.82) is 0 Å². The molecule has 0 fully saturated rings. The molecule has 2 N–H and O–H groups in total. The second kappa shape index (κ2) is 12.3. The number of allylic oxidation sites excluding steroid dienone is 2. The van der Waals surface area contributed by atoms with Gasteiger partial charge < -0.3 is 24.8 Å². The summed E-state index contributed by atoms with van der Waals surface area (Å²) in [6, 6.07) is 8.67. The number of benzene rings is 2. The molecule has 0 saturated heterocycles. The number of methoxy groups -OCH3 is 1. The van der Waals surface area contributed by atoms with E-state index < -0.39 is 17.6 Å². The van der Waals surface area contributed by atoms with Crippen LogP contribution >= 0.6 is 0 Å². The van der Waals surface area contributed by atoms with Crippen LogP contribution in [0.5, 0.6) is 17.2 Å². The van der Waals surface area contributed by atoms with E-state index in [0.717, 1.165) is 24.3 Å². The van der Waals surface area contributed by atoms with E-state index in [-0.39, 0.29) is 22.8 Å². The zero-order valence-electron chi connectivity index (χ0n) is 17.9. The predicted octanol–water partition coefficient (Wildman–Crippen LogP) is 4.07. The van der Waals surface area contributed by atoms with E-state index in [1.807, 2.05) is 0 Å². The molecular formula is C23H23F3N2O5. The van der Waals surface area contributed by atoms with E-state index in [1.165, 1.54) is 31.5 Å². The van der Waals surface area contributed by atoms with Crippen molar-refractivity contribution >= 4 is 12.2 Å². The Kier molecular flexibility index (Phi) is 9.49. The van der Waals surface area contributed by atoms with Crippen LogP contribution in [0.3, 0.4) is 0 Å². The minimum atomic E-state index is -4.63. The minimum Gasteiger partial charge on any atom is -0.491 e. The van der Waals surface area contributed by atoms with Gasteiger partial charge in [0.2, 0.25) is 0 Å². The average molecular weight is 464 g/mol. The summed E-state index contributed by atoms with van der Waals surface area (Å²) < 4.78 is 55.7. The maximum Gasteiger partial charge on any atom is 0.416 e. The molecule has 0 heterocycles. The topological polar surface area (TPSA) is 85.9 Å². The molecule has 33 heavy (non-hydrogen) atoms. The molecule has 2 aromatic carbocycles. The van der Waals surface area contributed by atoms with Gasteiger partial charge in [-0.05, 0) is 54.7 Å². The van der Waals surface area contributed by atoms with Gasteiger partial charge in [-0.1, -0.05) is 0 Å². The van der Waals surface area contributed by atoms with Crippen LogP contribution in [0.2, 0.25) is 0 Å². The van der Waals surface area contributed by atoms with Gasteiger partial charge in [0, 0.05) is 25.9 Å². The van der Waals surface area contributed by atoms with E-state index in [0.29, 0.717) is 25.2 Å². The summed E-state index contributed by atoms with van der Waals surface area (Å²) in [7, 11) is 3.16. The molecule has 0 aliphatic carbocycles. The molecule has 0 aliphatic heterocycles. The molecule has 0 bridgehead atoms. The lowest BCUT2D eigenvalue weighted by atomic mass is 10.1. The number of rotatable bonds is 11. The molecule has 7 nitrogen and oxygen atoms in total. The van der Waals surface area contributed by atoms with Gasteiger partial charge in [-0.2, -0.15) is 13.2 Å². The number of carbonyl (C=O) groups excluding carboxylic acids is 2. The second-order valence-corrected chi connectivity index (χ2v) is 6.46. The molecule has 0 spiro atoms. The molecule has 2 aromatic rings. The predicted molar refractivity (Wildman–Crippen MR) is 115 cm³/mol. The first-order valence-corrected chi connectivity index (χ1v) is 9.70. The number of nitrogens with one attached hydrogen (secondary N) is 2. The highest BCUT2D eigenvalue weighted by Gasteiger charge is 2.32. The quantitative estimate of drug-likeness (QED) is 0.226. The number of carbonyl (C=O) groups is 2. The van der Waals surface area contributed by atoms with Crippen LogP contribution in [-0.2, 0) is 15.7 Å². The molecule has 0 radical (unpaired) electrons. The zero-order chi connectivity index (χ0) is 24.3. The van der Waals surface area contributed by atoms with E-state index in [1.54, 1.807) is 19.2 Å². The zero-order valence-corrected chi connectivity index (χ0v) is 17.9. The van der Waals surface area contributed by atoms with Gasteiger partial charge in [0.05, 0.1) is 17.7 Å². The van der Waals surface area contributed by atoms with Crippen LogP contribution in [-0.4, -0.2) is 39.6 Å². The first-order valence-electron chi connectivity index (χ1n) is 9.70. The third kappa shape index (κ3) is 8.00. The Morgan fingerprint density at radius 1 is 1.06 bits per heavy atom. The standard InChI is InChI=1S/C23H23F3N2O5/c1-27-11-9-17(10-12-29)28-22(30)20-8-3-16(23(24,25)26)15-21(20)33-19-6-4-18(5-7-19)32-14-13-31-2/h3-12,15,27H,13-14H2,1-2H3,(H,28,30)/b11-9-,17-10+. The fraction of sp³-hybridized carbons (Fsp3) is 0.217. The molecular weight excluding hydrogens is 441 g/mol. The maximum atomic E-state index is 13.2. The van der Waals surface area contributed by atoms with E-state index in [2.05, 4.69) is 10.6 Å². The fourth-order valence-electron chi connectivity index (χ4n) is 2.53. The summed E-state index contributed by atoms with van der Waals surface area (Å²) in [6.45, 7) is 0.721. The van der Waals surface area contributed by atoms with Crippen LogP contribution in [0.15, 0.2) is 66.5 Å². The lowest BCUT2D eigenvalue weighted by molar-refractivity contribution is -0.137. The first-order chi connectivity index (χ1) is 15.8. The SMILES string of the molecule is CN/C=C\C(=C/C=O)NC(=O)c1ccc(C(F)(F)F)cc1Oc1ccc(OCCOC)cc1. The fourth-order valence-corrected chi connectivity index (χ4v) is 2.53. The van der Waals surface area contributed by atoms with Crippen molar-refractivity contribution < 1.29 is 37.0 Å². The molecule has 176 valence electrons. The second-order valence-electron chi connectivity index (χ2n) is 6.46. The number of hydrogen-bond donors (Lipinski definition) is 2. The molecule has 0 unspecified atom stereocenters. The Labute approximate surface area is 188 Å². The molecule has 1 amide bonds. The van der Waals surface area contributed by atoms with Crippen LogP contribution in [0.4, 0.5) is 13.2 Å². The highest BCUT2D eigenvalue weighted by Crippen LogP contribution is 2.35. The van der Waals surface area contributed by atoms with Crippen LogP contribution < -0.4 is 20.1 Å². The van der Waals surface area contributed by atoms with Crippen LogP contribution in [0.1, 0.15) is 15.9 Å². The third-order valence-corrected chi connectivity index (χ3v) is 4.10. The van der Waals surface area contributed by atoms with Crippen molar-refractivity contribution in [3.8, 4) is 17.2 Å². The summed E-state index contributed by atoms with van der Waals surface area (Å²) >= 11 is 0. The molecule has 0 aromatic heterocycles. The molecule has 2 rings (SSSR count). The van der Waals surface area contributed by atoms with Gasteiger partial charge in [0.15, 0.2) is 0 Å².